The number of halogens is 1. The van der Waals surface area contributed by atoms with E-state index in [0.717, 1.165) is 32.2 Å². The van der Waals surface area contributed by atoms with Gasteiger partial charge in [-0.2, -0.15) is 0 Å². The molecule has 218 valence electrons. The number of hydrogen-bond donors (Lipinski definition) is 0. The highest BCUT2D eigenvalue weighted by Gasteiger charge is 2.33. The molecular formula is C31H33FN6O4. The number of hydrogen-bond acceptors (Lipinski definition) is 6. The van der Waals surface area contributed by atoms with Crippen molar-refractivity contribution < 1.29 is 14.0 Å². The average Bonchev–Trinajstić information content (AvgIpc) is 3.58. The monoisotopic (exact) mass is 572 g/mol. The minimum Gasteiger partial charge on any atom is -0.343 e. The van der Waals surface area contributed by atoms with E-state index >= 15 is 0 Å². The topological polar surface area (TPSA) is 110 Å². The van der Waals surface area contributed by atoms with Gasteiger partial charge in [0.05, 0.1) is 11.3 Å². The molecule has 6 rings (SSSR count). The molecule has 2 aliphatic heterocycles. The van der Waals surface area contributed by atoms with Crippen LogP contribution < -0.4 is 16.1 Å². The van der Waals surface area contributed by atoms with Crippen molar-refractivity contribution in [1.82, 2.24) is 19.0 Å². The van der Waals surface area contributed by atoms with E-state index < -0.39 is 5.82 Å². The van der Waals surface area contributed by atoms with Crippen LogP contribution in [0.25, 0.3) is 0 Å². The highest BCUT2D eigenvalue weighted by Crippen LogP contribution is 2.34. The number of fused-ring (bicyclic) bond motifs is 1. The van der Waals surface area contributed by atoms with Gasteiger partial charge in [0.1, 0.15) is 17.5 Å². The molecule has 1 aromatic carbocycles. The Kier molecular flexibility index (Phi) is 7.57. The first-order chi connectivity index (χ1) is 20.4. The first kappa shape index (κ1) is 27.7. The lowest BCUT2D eigenvalue weighted by Gasteiger charge is -2.24. The summed E-state index contributed by atoms with van der Waals surface area (Å²) < 4.78 is 16.5. The predicted octanol–water partition coefficient (Wildman–Crippen LogP) is 3.63. The van der Waals surface area contributed by atoms with Gasteiger partial charge in [-0.3, -0.25) is 28.4 Å². The molecule has 1 saturated carbocycles. The first-order valence-electron chi connectivity index (χ1n) is 14.6. The van der Waals surface area contributed by atoms with E-state index in [9.17, 15) is 23.6 Å². The zero-order valence-corrected chi connectivity index (χ0v) is 23.6. The van der Waals surface area contributed by atoms with Gasteiger partial charge in [-0.15, -0.1) is 0 Å². The Bertz CT molecular complexity index is 1670. The van der Waals surface area contributed by atoms with E-state index in [2.05, 4.69) is 4.98 Å². The largest absolute Gasteiger partial charge is 0.343 e. The molecular weight excluding hydrogens is 539 g/mol. The van der Waals surface area contributed by atoms with Crippen molar-refractivity contribution in [2.75, 3.05) is 24.5 Å². The summed E-state index contributed by atoms with van der Waals surface area (Å²) in [6.07, 6.45) is 6.28. The number of anilines is 1. The van der Waals surface area contributed by atoms with Crippen molar-refractivity contribution in [3.05, 3.63) is 85.9 Å². The maximum Gasteiger partial charge on any atom is 0.332 e. The van der Waals surface area contributed by atoms with Crippen LogP contribution in [0.4, 0.5) is 16.0 Å². The van der Waals surface area contributed by atoms with E-state index in [0.29, 0.717) is 72.9 Å². The number of rotatable bonds is 10. The van der Waals surface area contributed by atoms with Gasteiger partial charge in [0, 0.05) is 62.4 Å². The van der Waals surface area contributed by atoms with Gasteiger partial charge in [-0.25, -0.2) is 19.2 Å². The van der Waals surface area contributed by atoms with Crippen molar-refractivity contribution in [2.24, 2.45) is 4.99 Å². The normalized spacial score (nSPS) is 16.1. The molecule has 10 nitrogen and oxygen atoms in total. The third kappa shape index (κ3) is 5.31. The Labute approximate surface area is 242 Å². The summed E-state index contributed by atoms with van der Waals surface area (Å²) in [6, 6.07) is 8.88. The fourth-order valence-corrected chi connectivity index (χ4v) is 5.72. The Morgan fingerprint density at radius 3 is 2.50 bits per heavy atom. The number of nitrogens with zero attached hydrogens (tertiary/aromatic N) is 6. The zero-order valence-electron chi connectivity index (χ0n) is 23.6. The molecule has 0 spiro atoms. The SMILES string of the molecule is CCCn1c2c(c(=O)n(C3CC3)c1=O)CC(c1ccc(N(CCCN3CCCC3=O)C(=O)c3ccc(F)cc3)nc1)=N2. The quantitative estimate of drug-likeness (QED) is 0.369. The number of benzene rings is 1. The highest BCUT2D eigenvalue weighted by atomic mass is 19.1. The van der Waals surface area contributed by atoms with Crippen molar-refractivity contribution >= 4 is 29.2 Å². The maximum atomic E-state index is 13.5. The van der Waals surface area contributed by atoms with E-state index in [1.807, 2.05) is 17.9 Å². The molecule has 0 radical (unpaired) electrons. The highest BCUT2D eigenvalue weighted by molar-refractivity contribution is 6.07. The molecule has 1 aliphatic carbocycles. The van der Waals surface area contributed by atoms with Gasteiger partial charge in [-0.1, -0.05) is 6.92 Å². The van der Waals surface area contributed by atoms with E-state index in [4.69, 9.17) is 4.99 Å². The minimum atomic E-state index is -0.431. The molecule has 1 saturated heterocycles. The maximum absolute atomic E-state index is 13.5. The van der Waals surface area contributed by atoms with Crippen LogP contribution in [0.3, 0.4) is 0 Å². The van der Waals surface area contributed by atoms with Gasteiger partial charge >= 0.3 is 5.69 Å². The summed E-state index contributed by atoms with van der Waals surface area (Å²) in [5.74, 6) is 0.210. The third-order valence-electron chi connectivity index (χ3n) is 8.06. The van der Waals surface area contributed by atoms with Crippen molar-refractivity contribution in [3.63, 3.8) is 0 Å². The molecule has 2 amide bonds. The smallest absolute Gasteiger partial charge is 0.332 e. The Hall–Kier alpha value is -4.41. The Balaban J connectivity index is 1.26. The summed E-state index contributed by atoms with van der Waals surface area (Å²) in [6.45, 7) is 4.04. The van der Waals surface area contributed by atoms with Crippen molar-refractivity contribution in [1.29, 1.82) is 0 Å². The van der Waals surface area contributed by atoms with Crippen LogP contribution in [-0.4, -0.2) is 56.2 Å². The van der Waals surface area contributed by atoms with E-state index in [1.165, 1.54) is 33.7 Å². The molecule has 2 fully saturated rings. The van der Waals surface area contributed by atoms with Gasteiger partial charge in [0.2, 0.25) is 5.91 Å². The van der Waals surface area contributed by atoms with Gasteiger partial charge in [-0.05, 0) is 68.5 Å². The second kappa shape index (κ2) is 11.5. The molecule has 42 heavy (non-hydrogen) atoms. The Morgan fingerprint density at radius 2 is 1.86 bits per heavy atom. The summed E-state index contributed by atoms with van der Waals surface area (Å²) >= 11 is 0. The number of likely N-dealkylation sites (tertiary alicyclic amines) is 1. The number of aromatic nitrogens is 3. The minimum absolute atomic E-state index is 0.0309. The van der Waals surface area contributed by atoms with Crippen LogP contribution in [0.1, 0.15) is 73.0 Å². The van der Waals surface area contributed by atoms with Crippen molar-refractivity contribution in [3.8, 4) is 0 Å². The van der Waals surface area contributed by atoms with Crippen LogP contribution in [-0.2, 0) is 17.8 Å². The molecule has 4 heterocycles. The van der Waals surface area contributed by atoms with Crippen LogP contribution in [0.15, 0.2) is 57.2 Å². The lowest BCUT2D eigenvalue weighted by Crippen LogP contribution is -2.40. The van der Waals surface area contributed by atoms with E-state index in [-0.39, 0.29) is 29.1 Å². The van der Waals surface area contributed by atoms with Gasteiger partial charge in [0.15, 0.2) is 0 Å². The number of amides is 2. The molecule has 2 aromatic heterocycles. The molecule has 3 aromatic rings. The number of aliphatic imine (C=N–C) groups is 1. The molecule has 3 aliphatic rings. The molecule has 0 bridgehead atoms. The van der Waals surface area contributed by atoms with Crippen LogP contribution in [0, 0.1) is 5.82 Å². The fourth-order valence-electron chi connectivity index (χ4n) is 5.72. The lowest BCUT2D eigenvalue weighted by molar-refractivity contribution is -0.127. The zero-order chi connectivity index (χ0) is 29.4. The number of carbonyl (C=O) groups is 2. The fraction of sp³-hybridized carbons (Fsp3) is 0.419. The number of carbonyl (C=O) groups excluding carboxylic acids is 2. The molecule has 0 unspecified atom stereocenters. The van der Waals surface area contributed by atoms with Gasteiger partial charge < -0.3 is 4.90 Å². The summed E-state index contributed by atoms with van der Waals surface area (Å²) in [4.78, 5) is 64.6. The summed E-state index contributed by atoms with van der Waals surface area (Å²) in [5.41, 5.74) is 1.63. The second-order valence-corrected chi connectivity index (χ2v) is 11.1. The standard InChI is InChI=1S/C31H33FN6O4/c1-2-14-37-28-24(30(41)38(31(37)42)23-11-12-23)18-25(34-28)21-8-13-26(33-19-21)36(17-4-16-35-15-3-5-27(35)39)29(40)20-6-9-22(32)10-7-20/h6-10,13,19,23H,2-5,11-12,14-18H2,1H3. The van der Waals surface area contributed by atoms with Crippen LogP contribution in [0.2, 0.25) is 0 Å². The molecule has 11 heteroatoms. The molecule has 0 N–H and O–H groups in total. The predicted molar refractivity (Wildman–Crippen MR) is 156 cm³/mol. The third-order valence-corrected chi connectivity index (χ3v) is 8.06. The lowest BCUT2D eigenvalue weighted by atomic mass is 10.1. The van der Waals surface area contributed by atoms with Crippen molar-refractivity contribution in [2.45, 2.75) is 64.5 Å². The number of pyridine rings is 1. The first-order valence-corrected chi connectivity index (χ1v) is 14.6. The summed E-state index contributed by atoms with van der Waals surface area (Å²) in [5, 5.41) is 0. The average molecular weight is 573 g/mol. The van der Waals surface area contributed by atoms with Crippen LogP contribution in [0.5, 0.6) is 0 Å². The van der Waals surface area contributed by atoms with Crippen LogP contribution >= 0.6 is 0 Å². The second-order valence-electron chi connectivity index (χ2n) is 11.1. The summed E-state index contributed by atoms with van der Waals surface area (Å²) in [7, 11) is 0. The Morgan fingerprint density at radius 1 is 1.07 bits per heavy atom. The molecule has 0 atom stereocenters. The van der Waals surface area contributed by atoms with E-state index in [1.54, 1.807) is 16.8 Å². The van der Waals surface area contributed by atoms with Gasteiger partial charge in [0.25, 0.3) is 11.5 Å².